The molecule has 0 spiro atoms. The Morgan fingerprint density at radius 3 is 2.71 bits per heavy atom. The van der Waals surface area contributed by atoms with Crippen molar-refractivity contribution in [1.29, 1.82) is 0 Å². The summed E-state index contributed by atoms with van der Waals surface area (Å²) in [7, 11) is 1.80. The molecule has 0 unspecified atom stereocenters. The van der Waals surface area contributed by atoms with Crippen molar-refractivity contribution in [2.45, 2.75) is 51.4 Å². The summed E-state index contributed by atoms with van der Waals surface area (Å²) in [6.07, 6.45) is 9.16. The highest BCUT2D eigenvalue weighted by molar-refractivity contribution is 5.66. The molecule has 1 fully saturated rings. The topological polar surface area (TPSA) is 82.8 Å². The van der Waals surface area contributed by atoms with E-state index in [1.807, 2.05) is 0 Å². The zero-order valence-corrected chi connectivity index (χ0v) is 12.7. The van der Waals surface area contributed by atoms with Crippen molar-refractivity contribution in [2.24, 2.45) is 13.0 Å². The van der Waals surface area contributed by atoms with E-state index in [-0.39, 0.29) is 0 Å². The quantitative estimate of drug-likeness (QED) is 0.935. The second kappa shape index (κ2) is 5.87. The highest BCUT2D eigenvalue weighted by Gasteiger charge is 2.26. The minimum atomic E-state index is 0.425. The van der Waals surface area contributed by atoms with Gasteiger partial charge in [-0.1, -0.05) is 24.9 Å². The van der Waals surface area contributed by atoms with Crippen LogP contribution in [-0.2, 0) is 7.05 Å². The Kier molecular flexibility index (Phi) is 3.94. The fourth-order valence-corrected chi connectivity index (χ4v) is 3.24. The van der Waals surface area contributed by atoms with Gasteiger partial charge in [-0.2, -0.15) is 10.1 Å². The first-order valence-corrected chi connectivity index (χ1v) is 7.80. The normalized spacial score (nSPS) is 22.6. The molecule has 0 bridgehead atoms. The van der Waals surface area contributed by atoms with E-state index in [1.54, 1.807) is 17.9 Å². The van der Waals surface area contributed by atoms with Crippen molar-refractivity contribution in [1.82, 2.24) is 19.9 Å². The van der Waals surface area contributed by atoms with Crippen LogP contribution in [0.4, 0.5) is 5.82 Å². The fraction of sp³-hybridized carbons (Fsp3) is 0.667. The third kappa shape index (κ3) is 2.80. The van der Waals surface area contributed by atoms with Gasteiger partial charge in [0.1, 0.15) is 11.4 Å². The van der Waals surface area contributed by atoms with Gasteiger partial charge in [0, 0.05) is 13.0 Å². The second-order valence-corrected chi connectivity index (χ2v) is 6.03. The van der Waals surface area contributed by atoms with Crippen LogP contribution >= 0.6 is 0 Å². The standard InChI is InChI=1S/C15H23N5O/c1-3-4-10-5-7-11(8-6-10)14-18-15(21-19-14)12-9-17-20(2)13(12)16/h9-11H,3-8,16H2,1-2H3. The van der Waals surface area contributed by atoms with E-state index < -0.39 is 0 Å². The number of hydrogen-bond donors (Lipinski definition) is 1. The van der Waals surface area contributed by atoms with Gasteiger partial charge in [-0.3, -0.25) is 4.68 Å². The molecule has 0 aliphatic heterocycles. The molecule has 1 saturated carbocycles. The number of aryl methyl sites for hydroxylation is 1. The summed E-state index contributed by atoms with van der Waals surface area (Å²) < 4.78 is 6.98. The first-order chi connectivity index (χ1) is 10.2. The Balaban J connectivity index is 1.70. The lowest BCUT2D eigenvalue weighted by Gasteiger charge is -2.26. The molecule has 2 aromatic rings. The first kappa shape index (κ1) is 14.1. The van der Waals surface area contributed by atoms with Crippen molar-refractivity contribution >= 4 is 5.82 Å². The summed E-state index contributed by atoms with van der Waals surface area (Å²) >= 11 is 0. The molecule has 6 heteroatoms. The molecule has 114 valence electrons. The molecule has 1 aliphatic carbocycles. The molecule has 0 radical (unpaired) electrons. The lowest BCUT2D eigenvalue weighted by Crippen LogP contribution is -2.14. The van der Waals surface area contributed by atoms with E-state index in [9.17, 15) is 0 Å². The van der Waals surface area contributed by atoms with E-state index >= 15 is 0 Å². The average Bonchev–Trinajstić information content (AvgIpc) is 3.09. The molecule has 21 heavy (non-hydrogen) atoms. The molecular formula is C15H23N5O. The van der Waals surface area contributed by atoms with Gasteiger partial charge in [0.25, 0.3) is 5.89 Å². The molecule has 1 aliphatic rings. The number of nitrogens with two attached hydrogens (primary N) is 1. The summed E-state index contributed by atoms with van der Waals surface area (Å²) in [6.45, 7) is 2.26. The Hall–Kier alpha value is -1.85. The maximum absolute atomic E-state index is 5.95. The van der Waals surface area contributed by atoms with Crippen LogP contribution in [0.2, 0.25) is 0 Å². The summed E-state index contributed by atoms with van der Waals surface area (Å²) in [4.78, 5) is 4.54. The van der Waals surface area contributed by atoms with E-state index in [0.29, 0.717) is 17.6 Å². The zero-order chi connectivity index (χ0) is 14.8. The maximum atomic E-state index is 5.95. The average molecular weight is 289 g/mol. The van der Waals surface area contributed by atoms with Crippen LogP contribution in [0.25, 0.3) is 11.5 Å². The van der Waals surface area contributed by atoms with Gasteiger partial charge in [-0.05, 0) is 31.6 Å². The van der Waals surface area contributed by atoms with Crippen molar-refractivity contribution in [3.8, 4) is 11.5 Å². The van der Waals surface area contributed by atoms with Crippen LogP contribution < -0.4 is 5.73 Å². The predicted molar refractivity (Wildman–Crippen MR) is 80.5 cm³/mol. The molecular weight excluding hydrogens is 266 g/mol. The lowest BCUT2D eigenvalue weighted by molar-refractivity contribution is 0.296. The summed E-state index contributed by atoms with van der Waals surface area (Å²) in [6, 6.07) is 0. The van der Waals surface area contributed by atoms with Crippen molar-refractivity contribution in [2.75, 3.05) is 5.73 Å². The molecule has 0 amide bonds. The number of nitrogen functional groups attached to an aromatic ring is 1. The highest BCUT2D eigenvalue weighted by atomic mass is 16.5. The minimum Gasteiger partial charge on any atom is -0.383 e. The Morgan fingerprint density at radius 2 is 2.10 bits per heavy atom. The van der Waals surface area contributed by atoms with Crippen LogP contribution in [0.1, 0.15) is 57.2 Å². The van der Waals surface area contributed by atoms with Gasteiger partial charge in [-0.15, -0.1) is 0 Å². The van der Waals surface area contributed by atoms with Crippen molar-refractivity contribution < 1.29 is 4.52 Å². The molecule has 0 aromatic carbocycles. The van der Waals surface area contributed by atoms with Gasteiger partial charge in [-0.25, -0.2) is 0 Å². The van der Waals surface area contributed by atoms with Crippen LogP contribution in [0.5, 0.6) is 0 Å². The van der Waals surface area contributed by atoms with E-state index in [2.05, 4.69) is 22.2 Å². The molecule has 2 aromatic heterocycles. The van der Waals surface area contributed by atoms with E-state index in [4.69, 9.17) is 10.3 Å². The highest BCUT2D eigenvalue weighted by Crippen LogP contribution is 2.37. The Bertz CT molecular complexity index is 595. The number of anilines is 1. The lowest BCUT2D eigenvalue weighted by atomic mass is 9.80. The molecule has 0 saturated heterocycles. The van der Waals surface area contributed by atoms with Gasteiger partial charge < -0.3 is 10.3 Å². The van der Waals surface area contributed by atoms with Crippen molar-refractivity contribution in [3.05, 3.63) is 12.0 Å². The van der Waals surface area contributed by atoms with Gasteiger partial charge in [0.15, 0.2) is 5.82 Å². The molecule has 6 nitrogen and oxygen atoms in total. The molecule has 2 heterocycles. The summed E-state index contributed by atoms with van der Waals surface area (Å²) in [5.74, 6) is 3.16. The summed E-state index contributed by atoms with van der Waals surface area (Å²) in [5.41, 5.74) is 6.66. The maximum Gasteiger partial charge on any atom is 0.263 e. The van der Waals surface area contributed by atoms with Crippen LogP contribution in [-0.4, -0.2) is 19.9 Å². The van der Waals surface area contributed by atoms with Gasteiger partial charge in [0.05, 0.1) is 6.20 Å². The van der Waals surface area contributed by atoms with Crippen LogP contribution in [0, 0.1) is 5.92 Å². The zero-order valence-electron chi connectivity index (χ0n) is 12.7. The van der Waals surface area contributed by atoms with Crippen LogP contribution in [0.15, 0.2) is 10.7 Å². The van der Waals surface area contributed by atoms with Crippen molar-refractivity contribution in [3.63, 3.8) is 0 Å². The molecule has 2 N–H and O–H groups in total. The molecule has 0 atom stereocenters. The number of aromatic nitrogens is 4. The number of rotatable bonds is 4. The smallest absolute Gasteiger partial charge is 0.263 e. The fourth-order valence-electron chi connectivity index (χ4n) is 3.24. The van der Waals surface area contributed by atoms with Gasteiger partial charge in [0.2, 0.25) is 0 Å². The third-order valence-electron chi connectivity index (χ3n) is 4.57. The largest absolute Gasteiger partial charge is 0.383 e. The Labute approximate surface area is 124 Å². The minimum absolute atomic E-state index is 0.425. The van der Waals surface area contributed by atoms with E-state index in [0.717, 1.165) is 30.1 Å². The molecule has 3 rings (SSSR count). The van der Waals surface area contributed by atoms with Gasteiger partial charge >= 0.3 is 0 Å². The Morgan fingerprint density at radius 1 is 1.33 bits per heavy atom. The van der Waals surface area contributed by atoms with Crippen LogP contribution in [0.3, 0.4) is 0 Å². The predicted octanol–water partition coefficient (Wildman–Crippen LogP) is 3.13. The SMILES string of the molecule is CCCC1CCC(c2noc(-c3cnn(C)c3N)n2)CC1. The number of hydrogen-bond acceptors (Lipinski definition) is 5. The summed E-state index contributed by atoms with van der Waals surface area (Å²) in [5, 5.41) is 8.27. The third-order valence-corrected chi connectivity index (χ3v) is 4.57. The van der Waals surface area contributed by atoms with E-state index in [1.165, 1.54) is 25.7 Å². The first-order valence-electron chi connectivity index (χ1n) is 7.80. The number of nitrogens with zero attached hydrogens (tertiary/aromatic N) is 4. The monoisotopic (exact) mass is 289 g/mol. The second-order valence-electron chi connectivity index (χ2n) is 6.03.